The molecule has 1 fully saturated rings. The third-order valence-electron chi connectivity index (χ3n) is 3.49. The van der Waals surface area contributed by atoms with Crippen LogP contribution in [0.4, 0.5) is 4.79 Å². The highest BCUT2D eigenvalue weighted by Crippen LogP contribution is 2.30. The molecule has 1 aliphatic rings. The molecule has 4 heteroatoms. The average molecular weight is 296 g/mol. The maximum absolute atomic E-state index is 12.0. The second-order valence-corrected chi connectivity index (χ2v) is 6.83. The maximum Gasteiger partial charge on any atom is 0.410 e. The molecular formula is C16H22ClNO2. The summed E-state index contributed by atoms with van der Waals surface area (Å²) in [6.45, 7) is 9.15. The Morgan fingerprint density at radius 3 is 2.70 bits per heavy atom. The molecule has 1 aromatic carbocycles. The van der Waals surface area contributed by atoms with Gasteiger partial charge >= 0.3 is 6.09 Å². The van der Waals surface area contributed by atoms with Crippen molar-refractivity contribution in [3.05, 3.63) is 34.3 Å². The van der Waals surface area contributed by atoms with E-state index < -0.39 is 5.60 Å². The fraction of sp³-hybridized carbons (Fsp3) is 0.562. The number of carbonyl (C=O) groups is 1. The predicted octanol–water partition coefficient (Wildman–Crippen LogP) is 4.37. The van der Waals surface area contributed by atoms with E-state index >= 15 is 0 Å². The van der Waals surface area contributed by atoms with Gasteiger partial charge < -0.3 is 9.64 Å². The summed E-state index contributed by atoms with van der Waals surface area (Å²) in [4.78, 5) is 13.8. The highest BCUT2D eigenvalue weighted by Gasteiger charge is 2.30. The Hall–Kier alpha value is -1.22. The van der Waals surface area contributed by atoms with E-state index in [1.807, 2.05) is 33.8 Å². The van der Waals surface area contributed by atoms with Gasteiger partial charge in [0.2, 0.25) is 0 Å². The molecule has 110 valence electrons. The average Bonchev–Trinajstić information content (AvgIpc) is 2.80. The van der Waals surface area contributed by atoms with Gasteiger partial charge in [-0.2, -0.15) is 0 Å². The zero-order chi connectivity index (χ0) is 14.9. The lowest BCUT2D eigenvalue weighted by Crippen LogP contribution is -2.35. The van der Waals surface area contributed by atoms with Crippen LogP contribution in [0.1, 0.15) is 44.2 Å². The highest BCUT2D eigenvalue weighted by atomic mass is 35.5. The number of likely N-dealkylation sites (tertiary alicyclic amines) is 1. The van der Waals surface area contributed by atoms with E-state index in [4.69, 9.17) is 16.3 Å². The first-order valence-corrected chi connectivity index (χ1v) is 7.38. The van der Waals surface area contributed by atoms with E-state index in [9.17, 15) is 4.79 Å². The summed E-state index contributed by atoms with van der Waals surface area (Å²) in [6, 6.07) is 6.10. The Morgan fingerprint density at radius 1 is 1.40 bits per heavy atom. The zero-order valence-corrected chi connectivity index (χ0v) is 13.3. The molecular weight excluding hydrogens is 274 g/mol. The van der Waals surface area contributed by atoms with Crippen LogP contribution >= 0.6 is 11.6 Å². The lowest BCUT2D eigenvalue weighted by Gasteiger charge is -2.24. The molecule has 1 saturated heterocycles. The van der Waals surface area contributed by atoms with Crippen LogP contribution in [0.15, 0.2) is 18.2 Å². The van der Waals surface area contributed by atoms with E-state index in [0.29, 0.717) is 5.92 Å². The minimum atomic E-state index is -0.438. The van der Waals surface area contributed by atoms with Crippen LogP contribution in [0.25, 0.3) is 0 Å². The van der Waals surface area contributed by atoms with Gasteiger partial charge in [-0.15, -0.1) is 0 Å². The number of benzene rings is 1. The number of ether oxygens (including phenoxy) is 1. The molecule has 1 aliphatic heterocycles. The molecule has 1 atom stereocenters. The van der Waals surface area contributed by atoms with Crippen LogP contribution < -0.4 is 0 Å². The van der Waals surface area contributed by atoms with Gasteiger partial charge in [-0.1, -0.05) is 23.7 Å². The molecule has 1 amide bonds. The quantitative estimate of drug-likeness (QED) is 0.770. The van der Waals surface area contributed by atoms with Crippen LogP contribution in [0.5, 0.6) is 0 Å². The van der Waals surface area contributed by atoms with E-state index in [0.717, 1.165) is 30.1 Å². The first kappa shape index (κ1) is 15.2. The number of hydrogen-bond donors (Lipinski definition) is 0. The second kappa shape index (κ2) is 5.65. The minimum absolute atomic E-state index is 0.217. The van der Waals surface area contributed by atoms with Crippen LogP contribution in [0, 0.1) is 6.92 Å². The Labute approximate surface area is 125 Å². The molecule has 20 heavy (non-hydrogen) atoms. The molecule has 0 aromatic heterocycles. The number of nitrogens with zero attached hydrogens (tertiary/aromatic N) is 1. The van der Waals surface area contributed by atoms with E-state index in [1.165, 1.54) is 5.56 Å². The number of aryl methyl sites for hydroxylation is 1. The number of carbonyl (C=O) groups excluding carboxylic acids is 1. The molecule has 0 N–H and O–H groups in total. The van der Waals surface area contributed by atoms with Crippen molar-refractivity contribution in [2.24, 2.45) is 0 Å². The van der Waals surface area contributed by atoms with Gasteiger partial charge in [-0.25, -0.2) is 4.79 Å². The summed E-state index contributed by atoms with van der Waals surface area (Å²) in [5.41, 5.74) is 1.89. The SMILES string of the molecule is Cc1cc(C2CCN(C(=O)OC(C)(C)C)C2)ccc1Cl. The topological polar surface area (TPSA) is 29.5 Å². The number of hydrogen-bond acceptors (Lipinski definition) is 2. The number of amides is 1. The summed E-state index contributed by atoms with van der Waals surface area (Å²) in [7, 11) is 0. The van der Waals surface area contributed by atoms with Crippen molar-refractivity contribution >= 4 is 17.7 Å². The van der Waals surface area contributed by atoms with Crippen LogP contribution in [0.3, 0.4) is 0 Å². The standard InChI is InChI=1S/C16H22ClNO2/c1-11-9-12(5-6-14(11)17)13-7-8-18(10-13)15(19)20-16(2,3)4/h5-6,9,13H,7-8,10H2,1-4H3. The lowest BCUT2D eigenvalue weighted by molar-refractivity contribution is 0.0292. The first-order valence-electron chi connectivity index (χ1n) is 7.00. The Morgan fingerprint density at radius 2 is 2.10 bits per heavy atom. The molecule has 0 aliphatic carbocycles. The van der Waals surface area contributed by atoms with E-state index in [-0.39, 0.29) is 6.09 Å². The van der Waals surface area contributed by atoms with E-state index in [1.54, 1.807) is 4.90 Å². The zero-order valence-electron chi connectivity index (χ0n) is 12.6. The summed E-state index contributed by atoms with van der Waals surface area (Å²) in [5, 5.41) is 0.788. The molecule has 1 aromatic rings. The van der Waals surface area contributed by atoms with Crippen molar-refractivity contribution in [2.75, 3.05) is 13.1 Å². The Balaban J connectivity index is 2.01. The van der Waals surface area contributed by atoms with Crippen LogP contribution in [0.2, 0.25) is 5.02 Å². The first-order chi connectivity index (χ1) is 9.26. The van der Waals surface area contributed by atoms with Gasteiger partial charge in [0, 0.05) is 24.0 Å². The molecule has 0 spiro atoms. The van der Waals surface area contributed by atoms with Crippen LogP contribution in [-0.2, 0) is 4.74 Å². The molecule has 0 bridgehead atoms. The molecule has 1 heterocycles. The fourth-order valence-corrected chi connectivity index (χ4v) is 2.56. The highest BCUT2D eigenvalue weighted by molar-refractivity contribution is 6.31. The third-order valence-corrected chi connectivity index (χ3v) is 3.92. The summed E-state index contributed by atoms with van der Waals surface area (Å²) >= 11 is 6.05. The summed E-state index contributed by atoms with van der Waals surface area (Å²) < 4.78 is 5.41. The molecule has 3 nitrogen and oxygen atoms in total. The minimum Gasteiger partial charge on any atom is -0.444 e. The van der Waals surface area contributed by atoms with Gasteiger partial charge in [0.1, 0.15) is 5.60 Å². The monoisotopic (exact) mass is 295 g/mol. The predicted molar refractivity (Wildman–Crippen MR) is 81.4 cm³/mol. The van der Waals surface area contributed by atoms with E-state index in [2.05, 4.69) is 12.1 Å². The van der Waals surface area contributed by atoms with Gasteiger partial charge in [0.05, 0.1) is 0 Å². The maximum atomic E-state index is 12.0. The Bertz CT molecular complexity index is 508. The third kappa shape index (κ3) is 3.66. The largest absolute Gasteiger partial charge is 0.444 e. The molecule has 0 radical (unpaired) electrons. The number of rotatable bonds is 1. The van der Waals surface area contributed by atoms with Crippen molar-refractivity contribution in [1.82, 2.24) is 4.90 Å². The van der Waals surface area contributed by atoms with Crippen molar-refractivity contribution < 1.29 is 9.53 Å². The van der Waals surface area contributed by atoms with Crippen molar-refractivity contribution in [2.45, 2.75) is 45.6 Å². The molecule has 2 rings (SSSR count). The van der Waals surface area contributed by atoms with Crippen molar-refractivity contribution in [1.29, 1.82) is 0 Å². The second-order valence-electron chi connectivity index (χ2n) is 6.42. The summed E-state index contributed by atoms with van der Waals surface area (Å²) in [5.74, 6) is 0.374. The van der Waals surface area contributed by atoms with Crippen molar-refractivity contribution in [3.63, 3.8) is 0 Å². The Kier molecular flexibility index (Phi) is 4.28. The van der Waals surface area contributed by atoms with Gasteiger partial charge in [-0.05, 0) is 51.3 Å². The number of halogens is 1. The summed E-state index contributed by atoms with van der Waals surface area (Å²) in [6.07, 6.45) is 0.756. The molecule has 1 unspecified atom stereocenters. The lowest BCUT2D eigenvalue weighted by atomic mass is 9.97. The smallest absolute Gasteiger partial charge is 0.410 e. The normalized spacial score (nSPS) is 19.2. The van der Waals surface area contributed by atoms with Crippen LogP contribution in [-0.4, -0.2) is 29.7 Å². The van der Waals surface area contributed by atoms with Crippen molar-refractivity contribution in [3.8, 4) is 0 Å². The fourth-order valence-electron chi connectivity index (χ4n) is 2.45. The molecule has 0 saturated carbocycles. The van der Waals surface area contributed by atoms with Gasteiger partial charge in [-0.3, -0.25) is 0 Å². The van der Waals surface area contributed by atoms with Gasteiger partial charge in [0.15, 0.2) is 0 Å². The van der Waals surface area contributed by atoms with Gasteiger partial charge in [0.25, 0.3) is 0 Å².